The largest absolute Gasteiger partial charge is 0.335 e. The van der Waals surface area contributed by atoms with E-state index >= 15 is 0 Å². The molecule has 0 atom stereocenters. The summed E-state index contributed by atoms with van der Waals surface area (Å²) < 4.78 is 0. The number of pyridine rings is 1. The van der Waals surface area contributed by atoms with Crippen molar-refractivity contribution in [1.82, 2.24) is 14.8 Å². The molecule has 0 spiro atoms. The van der Waals surface area contributed by atoms with E-state index in [0.717, 1.165) is 32.7 Å². The predicted octanol–water partition coefficient (Wildman–Crippen LogP) is 2.46. The van der Waals surface area contributed by atoms with E-state index in [1.165, 1.54) is 5.56 Å². The van der Waals surface area contributed by atoms with Crippen LogP contribution < -0.4 is 0 Å². The minimum Gasteiger partial charge on any atom is -0.335 e. The summed E-state index contributed by atoms with van der Waals surface area (Å²) >= 11 is 0. The van der Waals surface area contributed by atoms with Crippen molar-refractivity contribution in [2.24, 2.45) is 0 Å². The minimum absolute atomic E-state index is 0. The molecule has 0 radical (unpaired) electrons. The lowest BCUT2D eigenvalue weighted by atomic mass is 10.2. The van der Waals surface area contributed by atoms with Crippen LogP contribution in [0.4, 0.5) is 0 Å². The van der Waals surface area contributed by atoms with Crippen LogP contribution in [0.15, 0.2) is 54.7 Å². The van der Waals surface area contributed by atoms with Crippen molar-refractivity contribution in [2.45, 2.75) is 6.54 Å². The van der Waals surface area contributed by atoms with Gasteiger partial charge < -0.3 is 4.90 Å². The molecule has 1 aliphatic rings. The van der Waals surface area contributed by atoms with Gasteiger partial charge in [0, 0.05) is 38.9 Å². The molecule has 116 valence electrons. The van der Waals surface area contributed by atoms with Crippen molar-refractivity contribution < 1.29 is 4.79 Å². The third-order valence-corrected chi connectivity index (χ3v) is 3.79. The molecule has 22 heavy (non-hydrogen) atoms. The summed E-state index contributed by atoms with van der Waals surface area (Å²) in [5.74, 6) is 0.0370. The highest BCUT2D eigenvalue weighted by Crippen LogP contribution is 2.10. The van der Waals surface area contributed by atoms with Gasteiger partial charge in [-0.05, 0) is 17.7 Å². The topological polar surface area (TPSA) is 36.4 Å². The highest BCUT2D eigenvalue weighted by molar-refractivity contribution is 5.92. The van der Waals surface area contributed by atoms with Crippen LogP contribution in [0.2, 0.25) is 0 Å². The number of hydrogen-bond acceptors (Lipinski definition) is 3. The molecule has 0 unspecified atom stereocenters. The van der Waals surface area contributed by atoms with Crippen molar-refractivity contribution >= 4 is 18.3 Å². The van der Waals surface area contributed by atoms with E-state index in [1.807, 2.05) is 23.1 Å². The Kier molecular flexibility index (Phi) is 5.92. The second-order valence-corrected chi connectivity index (χ2v) is 5.27. The molecule has 1 fully saturated rings. The summed E-state index contributed by atoms with van der Waals surface area (Å²) in [5.41, 5.74) is 1.86. The van der Waals surface area contributed by atoms with Crippen LogP contribution in [0.5, 0.6) is 0 Å². The first kappa shape index (κ1) is 16.5. The number of aromatic nitrogens is 1. The van der Waals surface area contributed by atoms with Gasteiger partial charge in [-0.25, -0.2) is 0 Å². The molecule has 0 N–H and O–H groups in total. The third kappa shape index (κ3) is 4.06. The summed E-state index contributed by atoms with van der Waals surface area (Å²) in [4.78, 5) is 20.7. The predicted molar refractivity (Wildman–Crippen MR) is 89.1 cm³/mol. The van der Waals surface area contributed by atoms with Crippen molar-refractivity contribution in [1.29, 1.82) is 0 Å². The maximum Gasteiger partial charge on any atom is 0.272 e. The Morgan fingerprint density at radius 3 is 2.27 bits per heavy atom. The van der Waals surface area contributed by atoms with Gasteiger partial charge in [-0.1, -0.05) is 36.4 Å². The van der Waals surface area contributed by atoms with Crippen LogP contribution >= 0.6 is 12.4 Å². The number of benzene rings is 1. The van der Waals surface area contributed by atoms with Crippen molar-refractivity contribution in [3.8, 4) is 0 Å². The van der Waals surface area contributed by atoms with Gasteiger partial charge in [0.05, 0.1) is 0 Å². The van der Waals surface area contributed by atoms with Crippen LogP contribution in [0, 0.1) is 0 Å². The SMILES string of the molecule is Cl.O=C(c1ccccn1)N1CCN(Cc2ccccc2)CC1. The van der Waals surface area contributed by atoms with E-state index in [0.29, 0.717) is 5.69 Å². The number of rotatable bonds is 3. The number of piperazine rings is 1. The van der Waals surface area contributed by atoms with Crippen LogP contribution in [0.3, 0.4) is 0 Å². The lowest BCUT2D eigenvalue weighted by Crippen LogP contribution is -2.48. The lowest BCUT2D eigenvalue weighted by molar-refractivity contribution is 0.0623. The number of carbonyl (C=O) groups excluding carboxylic acids is 1. The highest BCUT2D eigenvalue weighted by atomic mass is 35.5. The lowest BCUT2D eigenvalue weighted by Gasteiger charge is -2.34. The molecule has 2 aromatic rings. The second-order valence-electron chi connectivity index (χ2n) is 5.27. The molecule has 3 rings (SSSR count). The fraction of sp³-hybridized carbons (Fsp3) is 0.294. The molecule has 1 saturated heterocycles. The molecule has 1 aliphatic heterocycles. The molecule has 2 heterocycles. The number of carbonyl (C=O) groups is 1. The zero-order valence-corrected chi connectivity index (χ0v) is 13.2. The van der Waals surface area contributed by atoms with Gasteiger partial charge in [-0.3, -0.25) is 14.7 Å². The first-order chi connectivity index (χ1) is 10.3. The molecule has 0 saturated carbocycles. The summed E-state index contributed by atoms with van der Waals surface area (Å²) in [5, 5.41) is 0. The standard InChI is InChI=1S/C17H19N3O.ClH/c21-17(16-8-4-5-9-18-16)20-12-10-19(11-13-20)14-15-6-2-1-3-7-15;/h1-9H,10-14H2;1H. The number of nitrogens with zero attached hydrogens (tertiary/aromatic N) is 3. The minimum atomic E-state index is 0. The van der Waals surface area contributed by atoms with E-state index < -0.39 is 0 Å². The normalized spacial score (nSPS) is 15.2. The molecular weight excluding hydrogens is 298 g/mol. The first-order valence-electron chi connectivity index (χ1n) is 7.29. The quantitative estimate of drug-likeness (QED) is 0.872. The number of hydrogen-bond donors (Lipinski definition) is 0. The average Bonchev–Trinajstić information content (AvgIpc) is 2.57. The molecule has 0 bridgehead atoms. The van der Waals surface area contributed by atoms with Gasteiger partial charge in [0.25, 0.3) is 5.91 Å². The van der Waals surface area contributed by atoms with Gasteiger partial charge >= 0.3 is 0 Å². The number of amides is 1. The van der Waals surface area contributed by atoms with Gasteiger partial charge in [0.2, 0.25) is 0 Å². The summed E-state index contributed by atoms with van der Waals surface area (Å²) in [6.45, 7) is 4.30. The Bertz CT molecular complexity index is 583. The van der Waals surface area contributed by atoms with Crippen LogP contribution in [-0.4, -0.2) is 46.9 Å². The van der Waals surface area contributed by atoms with E-state index in [1.54, 1.807) is 12.3 Å². The molecule has 1 amide bonds. The van der Waals surface area contributed by atoms with Gasteiger partial charge in [0.1, 0.15) is 5.69 Å². The fourth-order valence-corrected chi connectivity index (χ4v) is 2.60. The Morgan fingerprint density at radius 1 is 0.955 bits per heavy atom. The van der Waals surface area contributed by atoms with Crippen molar-refractivity contribution in [3.63, 3.8) is 0 Å². The Hall–Kier alpha value is -1.91. The van der Waals surface area contributed by atoms with E-state index in [2.05, 4.69) is 34.1 Å². The smallest absolute Gasteiger partial charge is 0.272 e. The Labute approximate surface area is 137 Å². The average molecular weight is 318 g/mol. The summed E-state index contributed by atoms with van der Waals surface area (Å²) in [7, 11) is 0. The van der Waals surface area contributed by atoms with Crippen molar-refractivity contribution in [2.75, 3.05) is 26.2 Å². The first-order valence-corrected chi connectivity index (χ1v) is 7.29. The second kappa shape index (κ2) is 7.92. The van der Waals surface area contributed by atoms with Crippen LogP contribution in [0.1, 0.15) is 16.1 Å². The summed E-state index contributed by atoms with van der Waals surface area (Å²) in [6, 6.07) is 15.9. The maximum absolute atomic E-state index is 12.3. The highest BCUT2D eigenvalue weighted by Gasteiger charge is 2.22. The zero-order valence-electron chi connectivity index (χ0n) is 12.4. The fourth-order valence-electron chi connectivity index (χ4n) is 2.60. The Morgan fingerprint density at radius 2 is 1.64 bits per heavy atom. The molecule has 1 aromatic carbocycles. The molecular formula is C17H20ClN3O. The van der Waals surface area contributed by atoms with Crippen molar-refractivity contribution in [3.05, 3.63) is 66.0 Å². The van der Waals surface area contributed by atoms with Gasteiger partial charge in [-0.2, -0.15) is 0 Å². The molecule has 5 heteroatoms. The van der Waals surface area contributed by atoms with Gasteiger partial charge in [0.15, 0.2) is 0 Å². The summed E-state index contributed by atoms with van der Waals surface area (Å²) in [6.07, 6.45) is 1.67. The molecule has 0 aliphatic carbocycles. The maximum atomic E-state index is 12.3. The molecule has 1 aromatic heterocycles. The van der Waals surface area contributed by atoms with E-state index in [9.17, 15) is 4.79 Å². The number of halogens is 1. The zero-order chi connectivity index (χ0) is 14.5. The Balaban J connectivity index is 0.00000176. The van der Waals surface area contributed by atoms with Crippen LogP contribution in [-0.2, 0) is 6.54 Å². The van der Waals surface area contributed by atoms with Crippen LogP contribution in [0.25, 0.3) is 0 Å². The van der Waals surface area contributed by atoms with Gasteiger partial charge in [-0.15, -0.1) is 12.4 Å². The van der Waals surface area contributed by atoms with E-state index in [4.69, 9.17) is 0 Å². The monoisotopic (exact) mass is 317 g/mol. The third-order valence-electron chi connectivity index (χ3n) is 3.79. The molecule has 4 nitrogen and oxygen atoms in total. The van der Waals surface area contributed by atoms with E-state index in [-0.39, 0.29) is 18.3 Å².